The van der Waals surface area contributed by atoms with Gasteiger partial charge in [0.05, 0.1) is 17.1 Å². The Bertz CT molecular complexity index is 841. The maximum absolute atomic E-state index is 12.5. The first-order valence-electron chi connectivity index (χ1n) is 8.36. The van der Waals surface area contributed by atoms with E-state index in [1.807, 2.05) is 4.90 Å². The molecule has 3 heterocycles. The molecule has 11 heteroatoms. The van der Waals surface area contributed by atoms with Gasteiger partial charge in [-0.05, 0) is 19.1 Å². The zero-order chi connectivity index (χ0) is 19.4. The van der Waals surface area contributed by atoms with Gasteiger partial charge in [-0.15, -0.1) is 0 Å². The van der Waals surface area contributed by atoms with Crippen LogP contribution in [0.3, 0.4) is 0 Å². The molecule has 11 nitrogen and oxygen atoms in total. The molecule has 3 rings (SSSR count). The first-order valence-corrected chi connectivity index (χ1v) is 8.36. The third-order valence-electron chi connectivity index (χ3n) is 4.18. The zero-order valence-electron chi connectivity index (χ0n) is 14.6. The fourth-order valence-corrected chi connectivity index (χ4v) is 2.78. The van der Waals surface area contributed by atoms with Gasteiger partial charge >= 0.3 is 11.7 Å². The second-order valence-electron chi connectivity index (χ2n) is 5.79. The molecule has 2 aromatic heterocycles. The van der Waals surface area contributed by atoms with E-state index in [1.165, 1.54) is 11.1 Å². The number of H-pyrrole nitrogens is 1. The number of amides is 1. The predicted molar refractivity (Wildman–Crippen MR) is 93.6 cm³/mol. The summed E-state index contributed by atoms with van der Waals surface area (Å²) in [6, 6.07) is 3.37. The molecule has 1 N–H and O–H groups in total. The number of aromatic nitrogens is 3. The summed E-state index contributed by atoms with van der Waals surface area (Å²) in [6.45, 7) is 3.83. The molecular weight excluding hydrogens is 356 g/mol. The van der Waals surface area contributed by atoms with Crippen molar-refractivity contribution in [3.63, 3.8) is 0 Å². The van der Waals surface area contributed by atoms with Crippen LogP contribution in [0.2, 0.25) is 0 Å². The number of nitro groups is 1. The SMILES string of the molecule is CCOC(=O)c1ccc(N2CCN(C(=O)c3[nH]ncc3[N+](=O)[O-])CC2)nc1. The Kier molecular flexibility index (Phi) is 5.29. The van der Waals surface area contributed by atoms with Gasteiger partial charge in [-0.3, -0.25) is 20.0 Å². The molecule has 0 unspecified atom stereocenters. The molecule has 1 saturated heterocycles. The molecule has 27 heavy (non-hydrogen) atoms. The van der Waals surface area contributed by atoms with Gasteiger partial charge in [0.1, 0.15) is 12.0 Å². The number of nitrogens with one attached hydrogen (secondary N) is 1. The van der Waals surface area contributed by atoms with Crippen LogP contribution in [-0.4, -0.2) is 69.7 Å². The van der Waals surface area contributed by atoms with Gasteiger partial charge < -0.3 is 14.5 Å². The number of carbonyl (C=O) groups is 2. The second-order valence-corrected chi connectivity index (χ2v) is 5.79. The highest BCUT2D eigenvalue weighted by molar-refractivity contribution is 5.96. The number of nitrogens with zero attached hydrogens (tertiary/aromatic N) is 5. The predicted octanol–water partition coefficient (Wildman–Crippen LogP) is 0.852. The number of ether oxygens (including phenoxy) is 1. The van der Waals surface area contributed by atoms with Crippen LogP contribution in [0.1, 0.15) is 27.8 Å². The average molecular weight is 374 g/mol. The third kappa shape index (κ3) is 3.86. The number of carbonyl (C=O) groups excluding carboxylic acids is 2. The minimum absolute atomic E-state index is 0.120. The van der Waals surface area contributed by atoms with Crippen molar-refractivity contribution in [2.45, 2.75) is 6.92 Å². The molecule has 0 spiro atoms. The number of rotatable bonds is 5. The van der Waals surface area contributed by atoms with E-state index in [4.69, 9.17) is 4.74 Å². The van der Waals surface area contributed by atoms with Crippen molar-refractivity contribution in [2.24, 2.45) is 0 Å². The summed E-state index contributed by atoms with van der Waals surface area (Å²) in [7, 11) is 0. The van der Waals surface area contributed by atoms with Gasteiger partial charge in [0.2, 0.25) is 5.69 Å². The van der Waals surface area contributed by atoms with Crippen molar-refractivity contribution < 1.29 is 19.2 Å². The molecule has 0 saturated carbocycles. The van der Waals surface area contributed by atoms with E-state index in [2.05, 4.69) is 15.2 Å². The molecule has 0 atom stereocenters. The third-order valence-corrected chi connectivity index (χ3v) is 4.18. The molecule has 142 valence electrons. The summed E-state index contributed by atoms with van der Waals surface area (Å²) in [5.41, 5.74) is -0.0787. The first-order chi connectivity index (χ1) is 13.0. The Morgan fingerprint density at radius 1 is 1.26 bits per heavy atom. The highest BCUT2D eigenvalue weighted by Gasteiger charge is 2.29. The van der Waals surface area contributed by atoms with Gasteiger partial charge in [0, 0.05) is 32.4 Å². The number of aromatic amines is 1. The zero-order valence-corrected chi connectivity index (χ0v) is 14.6. The highest BCUT2D eigenvalue weighted by atomic mass is 16.6. The number of piperazine rings is 1. The van der Waals surface area contributed by atoms with Gasteiger partial charge in [-0.25, -0.2) is 9.78 Å². The minimum Gasteiger partial charge on any atom is -0.462 e. The van der Waals surface area contributed by atoms with Crippen molar-refractivity contribution in [3.05, 3.63) is 45.9 Å². The largest absolute Gasteiger partial charge is 0.462 e. The van der Waals surface area contributed by atoms with Crippen LogP contribution in [0.25, 0.3) is 0 Å². The molecule has 1 fully saturated rings. The van der Waals surface area contributed by atoms with E-state index in [0.717, 1.165) is 6.20 Å². The lowest BCUT2D eigenvalue weighted by Gasteiger charge is -2.35. The van der Waals surface area contributed by atoms with Gasteiger partial charge in [-0.1, -0.05) is 0 Å². The number of hydrogen-bond donors (Lipinski definition) is 1. The van der Waals surface area contributed by atoms with Crippen molar-refractivity contribution >= 4 is 23.4 Å². The van der Waals surface area contributed by atoms with E-state index >= 15 is 0 Å². The standard InChI is InChI=1S/C16H18N6O5/c1-2-27-16(24)11-3-4-13(17-9-11)20-5-7-21(8-6-20)15(23)14-12(22(25)26)10-18-19-14/h3-4,9-10H,2,5-8H2,1H3,(H,18,19). The number of anilines is 1. The first kappa shape index (κ1) is 18.3. The summed E-state index contributed by atoms with van der Waals surface area (Å²) in [6.07, 6.45) is 2.48. The lowest BCUT2D eigenvalue weighted by Crippen LogP contribution is -2.49. The van der Waals surface area contributed by atoms with Crippen LogP contribution in [0.15, 0.2) is 24.5 Å². The van der Waals surface area contributed by atoms with Crippen molar-refractivity contribution in [2.75, 3.05) is 37.7 Å². The lowest BCUT2D eigenvalue weighted by molar-refractivity contribution is -0.385. The summed E-state index contributed by atoms with van der Waals surface area (Å²) in [4.78, 5) is 42.2. The molecule has 1 amide bonds. The molecular formula is C16H18N6O5. The Morgan fingerprint density at radius 2 is 2.00 bits per heavy atom. The van der Waals surface area contributed by atoms with Crippen LogP contribution >= 0.6 is 0 Å². The second kappa shape index (κ2) is 7.81. The topological polar surface area (TPSA) is 135 Å². The molecule has 0 bridgehead atoms. The minimum atomic E-state index is -0.637. The maximum atomic E-state index is 12.5. The summed E-state index contributed by atoms with van der Waals surface area (Å²) in [5, 5.41) is 16.9. The molecule has 2 aromatic rings. The van der Waals surface area contributed by atoms with Gasteiger partial charge in [-0.2, -0.15) is 5.10 Å². The maximum Gasteiger partial charge on any atom is 0.339 e. The Labute approximate surface area is 154 Å². The smallest absolute Gasteiger partial charge is 0.339 e. The normalized spacial score (nSPS) is 14.1. The Balaban J connectivity index is 1.62. The van der Waals surface area contributed by atoms with E-state index in [-0.39, 0.29) is 11.4 Å². The number of esters is 1. The average Bonchev–Trinajstić information content (AvgIpc) is 3.18. The van der Waals surface area contributed by atoms with E-state index in [0.29, 0.717) is 44.2 Å². The quantitative estimate of drug-likeness (QED) is 0.462. The Hall–Kier alpha value is -3.50. The Morgan fingerprint density at radius 3 is 2.59 bits per heavy atom. The molecule has 0 aliphatic carbocycles. The van der Waals surface area contributed by atoms with Crippen LogP contribution in [0.4, 0.5) is 11.5 Å². The van der Waals surface area contributed by atoms with Crippen LogP contribution in [0, 0.1) is 10.1 Å². The number of pyridine rings is 1. The van der Waals surface area contributed by atoms with Crippen molar-refractivity contribution in [1.82, 2.24) is 20.1 Å². The summed E-state index contributed by atoms with van der Waals surface area (Å²) >= 11 is 0. The van der Waals surface area contributed by atoms with Crippen molar-refractivity contribution in [3.8, 4) is 0 Å². The van der Waals surface area contributed by atoms with Gasteiger partial charge in [0.15, 0.2) is 0 Å². The lowest BCUT2D eigenvalue weighted by atomic mass is 10.2. The monoisotopic (exact) mass is 374 g/mol. The summed E-state index contributed by atoms with van der Waals surface area (Å²) < 4.78 is 4.92. The van der Waals surface area contributed by atoms with E-state index in [1.54, 1.807) is 19.1 Å². The summed E-state index contributed by atoms with van der Waals surface area (Å²) in [5.74, 6) is -0.194. The van der Waals surface area contributed by atoms with E-state index in [9.17, 15) is 19.7 Å². The number of hydrogen-bond acceptors (Lipinski definition) is 8. The molecule has 1 aliphatic heterocycles. The van der Waals surface area contributed by atoms with Crippen LogP contribution in [-0.2, 0) is 4.74 Å². The molecule has 1 aliphatic rings. The molecule has 0 aromatic carbocycles. The highest BCUT2D eigenvalue weighted by Crippen LogP contribution is 2.19. The van der Waals surface area contributed by atoms with Crippen LogP contribution < -0.4 is 4.90 Å². The van der Waals surface area contributed by atoms with Crippen molar-refractivity contribution in [1.29, 1.82) is 0 Å². The molecule has 0 radical (unpaired) electrons. The fourth-order valence-electron chi connectivity index (χ4n) is 2.78. The van der Waals surface area contributed by atoms with Crippen LogP contribution in [0.5, 0.6) is 0 Å². The fraction of sp³-hybridized carbons (Fsp3) is 0.375. The van der Waals surface area contributed by atoms with E-state index < -0.39 is 16.8 Å². The van der Waals surface area contributed by atoms with Gasteiger partial charge in [0.25, 0.3) is 5.91 Å².